The van der Waals surface area contributed by atoms with Crippen LogP contribution in [-0.2, 0) is 0 Å². The maximum Gasteiger partial charge on any atom is 0.345 e. The van der Waals surface area contributed by atoms with E-state index in [0.29, 0.717) is 11.0 Å². The highest BCUT2D eigenvalue weighted by molar-refractivity contribution is 6.29. The van der Waals surface area contributed by atoms with Crippen LogP contribution in [0, 0.1) is 0 Å². The van der Waals surface area contributed by atoms with Gasteiger partial charge in [-0.25, -0.2) is 4.79 Å². The van der Waals surface area contributed by atoms with Gasteiger partial charge in [0.1, 0.15) is 5.15 Å². The first-order chi connectivity index (χ1) is 8.65. The van der Waals surface area contributed by atoms with Crippen LogP contribution in [0.3, 0.4) is 0 Å². The average Bonchev–Trinajstić information content (AvgIpc) is 2.35. The molecule has 0 aliphatic rings. The van der Waals surface area contributed by atoms with Gasteiger partial charge in [0.25, 0.3) is 0 Å². The Balaban J connectivity index is 2.18. The number of anilines is 1. The van der Waals surface area contributed by atoms with Crippen LogP contribution >= 0.6 is 11.6 Å². The molecule has 6 nitrogen and oxygen atoms in total. The van der Waals surface area contributed by atoms with Crippen LogP contribution in [0.4, 0.5) is 10.5 Å². The molecule has 0 fully saturated rings. The Morgan fingerprint density at radius 1 is 1.50 bits per heavy atom. The van der Waals surface area contributed by atoms with Crippen molar-refractivity contribution in [1.82, 2.24) is 9.71 Å². The lowest BCUT2D eigenvalue weighted by Gasteiger charge is -2.00. The van der Waals surface area contributed by atoms with Crippen molar-refractivity contribution in [2.45, 2.75) is 0 Å². The molecule has 92 valence electrons. The smallest absolute Gasteiger partial charge is 0.345 e. The number of carbonyl (C=O) groups excluding carboxylic acids is 1. The van der Waals surface area contributed by atoms with Crippen molar-refractivity contribution in [2.24, 2.45) is 4.99 Å². The topological polar surface area (TPSA) is 79.5 Å². The second-order valence-electron chi connectivity index (χ2n) is 3.34. The minimum Gasteiger partial charge on any atom is -0.428 e. The molecule has 0 aromatic carbocycles. The highest BCUT2D eigenvalue weighted by Gasteiger charge is 1.99. The van der Waals surface area contributed by atoms with Gasteiger partial charge in [0.05, 0.1) is 17.2 Å². The summed E-state index contributed by atoms with van der Waals surface area (Å²) >= 11 is 5.67. The number of aromatic nitrogens is 2. The highest BCUT2D eigenvalue weighted by Crippen LogP contribution is 2.03. The van der Waals surface area contributed by atoms with E-state index in [1.807, 2.05) is 0 Å². The Kier molecular flexibility index (Phi) is 3.59. The molecule has 18 heavy (non-hydrogen) atoms. The van der Waals surface area contributed by atoms with Gasteiger partial charge < -0.3 is 10.5 Å². The van der Waals surface area contributed by atoms with Crippen LogP contribution in [0.5, 0.6) is 0 Å². The van der Waals surface area contributed by atoms with Crippen LogP contribution in [0.2, 0.25) is 5.15 Å². The number of urea groups is 1. The van der Waals surface area contributed by atoms with Crippen molar-refractivity contribution in [3.63, 3.8) is 0 Å². The summed E-state index contributed by atoms with van der Waals surface area (Å²) in [6.45, 7) is 0. The Labute approximate surface area is 107 Å². The van der Waals surface area contributed by atoms with E-state index in [9.17, 15) is 4.79 Å². The van der Waals surface area contributed by atoms with Gasteiger partial charge in [-0.05, 0) is 18.2 Å². The third-order valence-electron chi connectivity index (χ3n) is 2.02. The standard InChI is InChI=1S/C11H9ClN4O2/c12-10-6-8(3-5-16(10)18)14-11(17)15-9-2-1-4-13-7-9/h1-7,18H,(H,15,17)/b14-8-. The van der Waals surface area contributed by atoms with E-state index >= 15 is 0 Å². The average molecular weight is 265 g/mol. The Hall–Kier alpha value is -2.34. The van der Waals surface area contributed by atoms with Crippen LogP contribution < -0.4 is 10.7 Å². The van der Waals surface area contributed by atoms with E-state index in [1.54, 1.807) is 18.3 Å². The third-order valence-corrected chi connectivity index (χ3v) is 2.30. The molecule has 0 spiro atoms. The first-order valence-corrected chi connectivity index (χ1v) is 5.36. The normalized spacial score (nSPS) is 11.3. The minimum atomic E-state index is -0.547. The summed E-state index contributed by atoms with van der Waals surface area (Å²) < 4.78 is 0.722. The second kappa shape index (κ2) is 5.33. The quantitative estimate of drug-likeness (QED) is 0.610. The third kappa shape index (κ3) is 3.08. The largest absolute Gasteiger partial charge is 0.428 e. The maximum absolute atomic E-state index is 11.6. The molecule has 2 rings (SSSR count). The highest BCUT2D eigenvalue weighted by atomic mass is 35.5. The van der Waals surface area contributed by atoms with Gasteiger partial charge in [-0.2, -0.15) is 9.72 Å². The van der Waals surface area contributed by atoms with Crippen LogP contribution in [0.25, 0.3) is 0 Å². The van der Waals surface area contributed by atoms with E-state index in [1.165, 1.54) is 24.5 Å². The summed E-state index contributed by atoms with van der Waals surface area (Å²) in [5.74, 6) is 0. The number of halogens is 1. The number of amides is 2. The first kappa shape index (κ1) is 12.1. The summed E-state index contributed by atoms with van der Waals surface area (Å²) in [5.41, 5.74) is 0.547. The van der Waals surface area contributed by atoms with E-state index in [4.69, 9.17) is 16.8 Å². The van der Waals surface area contributed by atoms with Gasteiger partial charge in [-0.15, -0.1) is 0 Å². The molecule has 2 aromatic rings. The lowest BCUT2D eigenvalue weighted by molar-refractivity contribution is 0.185. The van der Waals surface area contributed by atoms with Crippen LogP contribution in [-0.4, -0.2) is 21.0 Å². The van der Waals surface area contributed by atoms with Crippen molar-refractivity contribution < 1.29 is 10.0 Å². The Morgan fingerprint density at radius 3 is 3.00 bits per heavy atom. The number of hydrogen-bond donors (Lipinski definition) is 2. The van der Waals surface area contributed by atoms with Gasteiger partial charge >= 0.3 is 6.03 Å². The summed E-state index contributed by atoms with van der Waals surface area (Å²) in [7, 11) is 0. The fourth-order valence-corrected chi connectivity index (χ4v) is 1.40. The number of nitrogens with one attached hydrogen (secondary N) is 1. The van der Waals surface area contributed by atoms with Gasteiger partial charge in [-0.1, -0.05) is 11.6 Å². The van der Waals surface area contributed by atoms with Crippen molar-refractivity contribution in [2.75, 3.05) is 5.32 Å². The van der Waals surface area contributed by atoms with E-state index in [0.717, 1.165) is 4.73 Å². The molecule has 0 atom stereocenters. The summed E-state index contributed by atoms with van der Waals surface area (Å²) in [6.07, 6.45) is 4.40. The molecule has 2 N–H and O–H groups in total. The fraction of sp³-hybridized carbons (Fsp3) is 0. The molecule has 0 bridgehead atoms. The molecule has 0 aliphatic carbocycles. The van der Waals surface area contributed by atoms with Gasteiger partial charge in [0.2, 0.25) is 0 Å². The maximum atomic E-state index is 11.6. The molecule has 0 aliphatic heterocycles. The fourth-order valence-electron chi connectivity index (χ4n) is 1.23. The SMILES string of the molecule is O=C(/N=c1/ccn(O)c(Cl)c1)Nc1cccnc1. The van der Waals surface area contributed by atoms with E-state index < -0.39 is 6.03 Å². The summed E-state index contributed by atoms with van der Waals surface area (Å²) in [4.78, 5) is 19.2. The number of carbonyl (C=O) groups is 1. The predicted molar refractivity (Wildman–Crippen MR) is 65.4 cm³/mol. The lowest BCUT2D eigenvalue weighted by atomic mass is 10.4. The first-order valence-electron chi connectivity index (χ1n) is 4.98. The number of rotatable bonds is 1. The van der Waals surface area contributed by atoms with Gasteiger partial charge in [0, 0.05) is 18.5 Å². The van der Waals surface area contributed by atoms with Crippen LogP contribution in [0.15, 0.2) is 47.8 Å². The summed E-state index contributed by atoms with van der Waals surface area (Å²) in [6, 6.07) is 5.66. The Morgan fingerprint density at radius 2 is 2.33 bits per heavy atom. The molecule has 2 heterocycles. The summed E-state index contributed by atoms with van der Waals surface area (Å²) in [5, 5.41) is 12.1. The molecule has 2 amide bonds. The van der Waals surface area contributed by atoms with Crippen molar-refractivity contribution in [3.8, 4) is 0 Å². The zero-order valence-electron chi connectivity index (χ0n) is 9.12. The molecule has 0 saturated heterocycles. The monoisotopic (exact) mass is 264 g/mol. The molecule has 7 heteroatoms. The molecule has 0 saturated carbocycles. The zero-order chi connectivity index (χ0) is 13.0. The molecule has 0 radical (unpaired) electrons. The van der Waals surface area contributed by atoms with E-state index in [-0.39, 0.29) is 5.15 Å². The Bertz CT molecular complexity index is 624. The van der Waals surface area contributed by atoms with Crippen molar-refractivity contribution >= 4 is 23.3 Å². The number of pyridine rings is 2. The lowest BCUT2D eigenvalue weighted by Crippen LogP contribution is -2.13. The minimum absolute atomic E-state index is 0.0606. The van der Waals surface area contributed by atoms with Crippen molar-refractivity contribution in [3.05, 3.63) is 53.4 Å². The van der Waals surface area contributed by atoms with Crippen molar-refractivity contribution in [1.29, 1.82) is 0 Å². The zero-order valence-corrected chi connectivity index (χ0v) is 9.87. The number of nitrogens with zero attached hydrogens (tertiary/aromatic N) is 3. The molecule has 2 aromatic heterocycles. The molecular weight excluding hydrogens is 256 g/mol. The number of hydrogen-bond acceptors (Lipinski definition) is 3. The molecule has 0 unspecified atom stereocenters. The van der Waals surface area contributed by atoms with Gasteiger partial charge in [0.15, 0.2) is 0 Å². The molecular formula is C11H9ClN4O2. The van der Waals surface area contributed by atoms with Crippen LogP contribution in [0.1, 0.15) is 0 Å². The van der Waals surface area contributed by atoms with E-state index in [2.05, 4.69) is 15.3 Å². The second-order valence-corrected chi connectivity index (χ2v) is 3.72. The predicted octanol–water partition coefficient (Wildman–Crippen LogP) is 1.91. The van der Waals surface area contributed by atoms with Gasteiger partial charge in [-0.3, -0.25) is 4.98 Å².